The van der Waals surface area contributed by atoms with Gasteiger partial charge in [0.1, 0.15) is 0 Å². The zero-order chi connectivity index (χ0) is 14.8. The summed E-state index contributed by atoms with van der Waals surface area (Å²) in [5, 5.41) is 9.38. The van der Waals surface area contributed by atoms with Gasteiger partial charge in [-0.05, 0) is 42.5 Å². The fourth-order valence-electron chi connectivity index (χ4n) is 1.75. The van der Waals surface area contributed by atoms with Gasteiger partial charge >= 0.3 is 0 Å². The molecule has 3 rings (SSSR count). The molecule has 21 heavy (non-hydrogen) atoms. The van der Waals surface area contributed by atoms with Crippen molar-refractivity contribution in [3.05, 3.63) is 62.5 Å². The molecule has 1 N–H and O–H groups in total. The summed E-state index contributed by atoms with van der Waals surface area (Å²) >= 11 is 18.7. The first-order valence-electron chi connectivity index (χ1n) is 6.01. The van der Waals surface area contributed by atoms with E-state index in [1.54, 1.807) is 16.8 Å². The van der Waals surface area contributed by atoms with E-state index in [0.717, 1.165) is 16.5 Å². The minimum atomic E-state index is 0.474. The SMILES string of the molecule is S=c1sc(Nc2ccccc2)nn1-c1ccc(Cl)c(Cl)c1. The first-order chi connectivity index (χ1) is 10.1. The van der Waals surface area contributed by atoms with Gasteiger partial charge in [-0.3, -0.25) is 0 Å². The van der Waals surface area contributed by atoms with E-state index in [4.69, 9.17) is 35.4 Å². The van der Waals surface area contributed by atoms with Crippen LogP contribution in [0.15, 0.2) is 48.5 Å². The number of benzene rings is 2. The van der Waals surface area contributed by atoms with Crippen molar-refractivity contribution in [3.63, 3.8) is 0 Å². The topological polar surface area (TPSA) is 29.9 Å². The Balaban J connectivity index is 1.94. The molecule has 3 aromatic rings. The average Bonchev–Trinajstić information content (AvgIpc) is 2.84. The second-order valence-corrected chi connectivity index (χ2v) is 6.61. The van der Waals surface area contributed by atoms with Crippen LogP contribution in [0.1, 0.15) is 0 Å². The van der Waals surface area contributed by atoms with Crippen molar-refractivity contribution in [3.8, 4) is 5.69 Å². The number of aromatic nitrogens is 2. The number of nitrogens with one attached hydrogen (secondary N) is 1. The number of nitrogens with zero attached hydrogens (tertiary/aromatic N) is 2. The molecule has 0 amide bonds. The molecule has 0 spiro atoms. The van der Waals surface area contributed by atoms with E-state index in [0.29, 0.717) is 14.0 Å². The minimum Gasteiger partial charge on any atom is -0.330 e. The van der Waals surface area contributed by atoms with Crippen LogP contribution in [0.3, 0.4) is 0 Å². The summed E-state index contributed by atoms with van der Waals surface area (Å²) in [4.78, 5) is 0. The predicted molar refractivity (Wildman–Crippen MR) is 92.0 cm³/mol. The molecule has 0 saturated carbocycles. The van der Waals surface area contributed by atoms with Crippen LogP contribution in [0.2, 0.25) is 10.0 Å². The zero-order valence-corrected chi connectivity index (χ0v) is 13.7. The molecule has 106 valence electrons. The van der Waals surface area contributed by atoms with Crippen molar-refractivity contribution in [2.45, 2.75) is 0 Å². The Labute approximate surface area is 140 Å². The molecule has 0 radical (unpaired) electrons. The van der Waals surface area contributed by atoms with Crippen LogP contribution in [-0.4, -0.2) is 9.78 Å². The highest BCUT2D eigenvalue weighted by atomic mass is 35.5. The van der Waals surface area contributed by atoms with Gasteiger partial charge in [0.25, 0.3) is 0 Å². The average molecular weight is 354 g/mol. The normalized spacial score (nSPS) is 10.6. The molecule has 2 aromatic carbocycles. The molecule has 0 saturated heterocycles. The number of halogens is 2. The highest BCUT2D eigenvalue weighted by Crippen LogP contribution is 2.27. The first kappa shape index (κ1) is 14.5. The van der Waals surface area contributed by atoms with E-state index in [2.05, 4.69) is 10.4 Å². The van der Waals surface area contributed by atoms with Gasteiger partial charge in [0.2, 0.25) is 5.13 Å². The second-order valence-electron chi connectivity index (χ2n) is 4.17. The maximum Gasteiger partial charge on any atom is 0.209 e. The van der Waals surface area contributed by atoms with Crippen molar-refractivity contribution in [2.75, 3.05) is 5.32 Å². The Morgan fingerprint density at radius 2 is 1.81 bits per heavy atom. The predicted octanol–water partition coefficient (Wildman–Crippen LogP) is 5.71. The van der Waals surface area contributed by atoms with Gasteiger partial charge in [-0.15, -0.1) is 5.10 Å². The quantitative estimate of drug-likeness (QED) is 0.611. The summed E-state index contributed by atoms with van der Waals surface area (Å²) in [6.07, 6.45) is 0. The Hall–Kier alpha value is -1.40. The molecule has 0 unspecified atom stereocenters. The molecule has 0 atom stereocenters. The Morgan fingerprint density at radius 3 is 2.52 bits per heavy atom. The Morgan fingerprint density at radius 1 is 1.05 bits per heavy atom. The molecule has 0 fully saturated rings. The van der Waals surface area contributed by atoms with Crippen LogP contribution < -0.4 is 5.32 Å². The van der Waals surface area contributed by atoms with E-state index >= 15 is 0 Å². The summed E-state index contributed by atoms with van der Waals surface area (Å²) in [7, 11) is 0. The maximum absolute atomic E-state index is 6.03. The number of anilines is 2. The summed E-state index contributed by atoms with van der Waals surface area (Å²) < 4.78 is 2.29. The lowest BCUT2D eigenvalue weighted by atomic mass is 10.3. The molecule has 0 bridgehead atoms. The summed E-state index contributed by atoms with van der Waals surface area (Å²) in [6.45, 7) is 0. The van der Waals surface area contributed by atoms with Gasteiger partial charge in [0.05, 0.1) is 15.7 Å². The summed E-state index contributed by atoms with van der Waals surface area (Å²) in [6, 6.07) is 15.1. The first-order valence-corrected chi connectivity index (χ1v) is 7.99. The van der Waals surface area contributed by atoms with Crippen molar-refractivity contribution in [2.24, 2.45) is 0 Å². The number of rotatable bonds is 3. The van der Waals surface area contributed by atoms with E-state index in [1.807, 2.05) is 36.4 Å². The molecule has 0 aliphatic rings. The van der Waals surface area contributed by atoms with Crippen LogP contribution in [0.4, 0.5) is 10.8 Å². The van der Waals surface area contributed by atoms with Crippen molar-refractivity contribution < 1.29 is 0 Å². The second kappa shape index (κ2) is 6.15. The van der Waals surface area contributed by atoms with Gasteiger partial charge in [-0.25, -0.2) is 4.68 Å². The maximum atomic E-state index is 6.03. The standard InChI is InChI=1S/C14H9Cl2N3S2/c15-11-7-6-10(8-12(11)16)19-14(20)21-13(18-19)17-9-4-2-1-3-5-9/h1-8H,(H,17,18). The highest BCUT2D eigenvalue weighted by molar-refractivity contribution is 7.73. The third-order valence-corrected chi connectivity index (χ3v) is 4.61. The summed E-state index contributed by atoms with van der Waals surface area (Å²) in [5.41, 5.74) is 1.74. The molecule has 1 aromatic heterocycles. The zero-order valence-electron chi connectivity index (χ0n) is 10.6. The van der Waals surface area contributed by atoms with Gasteiger partial charge in [-0.1, -0.05) is 52.7 Å². The molecular weight excluding hydrogens is 345 g/mol. The van der Waals surface area contributed by atoms with Crippen LogP contribution in [-0.2, 0) is 0 Å². The lowest BCUT2D eigenvalue weighted by Gasteiger charge is -2.03. The number of hydrogen-bond acceptors (Lipinski definition) is 4. The molecule has 7 heteroatoms. The van der Waals surface area contributed by atoms with Crippen molar-refractivity contribution >= 4 is 57.6 Å². The van der Waals surface area contributed by atoms with Gasteiger partial charge in [0.15, 0.2) is 3.95 Å². The fraction of sp³-hybridized carbons (Fsp3) is 0. The highest BCUT2D eigenvalue weighted by Gasteiger charge is 2.08. The lowest BCUT2D eigenvalue weighted by molar-refractivity contribution is 0.874. The molecular formula is C14H9Cl2N3S2. The van der Waals surface area contributed by atoms with Crippen LogP contribution >= 0.6 is 46.8 Å². The van der Waals surface area contributed by atoms with Crippen LogP contribution in [0, 0.1) is 3.95 Å². The third kappa shape index (κ3) is 3.27. The fourth-order valence-corrected chi connectivity index (χ4v) is 3.12. The number of para-hydroxylation sites is 1. The Bertz CT molecular complexity index is 828. The molecule has 3 nitrogen and oxygen atoms in total. The lowest BCUT2D eigenvalue weighted by Crippen LogP contribution is -1.98. The monoisotopic (exact) mass is 353 g/mol. The van der Waals surface area contributed by atoms with E-state index < -0.39 is 0 Å². The van der Waals surface area contributed by atoms with Crippen molar-refractivity contribution in [1.82, 2.24) is 9.78 Å². The van der Waals surface area contributed by atoms with Gasteiger partial charge < -0.3 is 5.32 Å². The van der Waals surface area contributed by atoms with E-state index in [1.165, 1.54) is 11.3 Å². The molecule has 1 heterocycles. The van der Waals surface area contributed by atoms with Crippen LogP contribution in [0.5, 0.6) is 0 Å². The smallest absolute Gasteiger partial charge is 0.209 e. The van der Waals surface area contributed by atoms with E-state index in [-0.39, 0.29) is 0 Å². The largest absolute Gasteiger partial charge is 0.330 e. The number of hydrogen-bond donors (Lipinski definition) is 1. The van der Waals surface area contributed by atoms with Crippen LogP contribution in [0.25, 0.3) is 5.69 Å². The van der Waals surface area contributed by atoms with Gasteiger partial charge in [0, 0.05) is 5.69 Å². The minimum absolute atomic E-state index is 0.474. The Kier molecular flexibility index (Phi) is 4.26. The third-order valence-electron chi connectivity index (χ3n) is 2.72. The molecule has 0 aliphatic heterocycles. The molecule has 0 aliphatic carbocycles. The summed E-state index contributed by atoms with van der Waals surface area (Å²) in [5.74, 6) is 0. The van der Waals surface area contributed by atoms with Gasteiger partial charge in [-0.2, -0.15) is 0 Å². The van der Waals surface area contributed by atoms with E-state index in [9.17, 15) is 0 Å². The van der Waals surface area contributed by atoms with Crippen molar-refractivity contribution in [1.29, 1.82) is 0 Å².